The highest BCUT2D eigenvalue weighted by Gasteiger charge is 2.27. The highest BCUT2D eigenvalue weighted by atomic mass is 32.2. The van der Waals surface area contributed by atoms with Gasteiger partial charge in [0.15, 0.2) is 15.6 Å². The molecular weight excluding hydrogens is 326 g/mol. The fourth-order valence-electron chi connectivity index (χ4n) is 3.50. The van der Waals surface area contributed by atoms with Gasteiger partial charge in [-0.3, -0.25) is 9.59 Å². The fourth-order valence-corrected chi connectivity index (χ4v) is 5.36. The van der Waals surface area contributed by atoms with Crippen molar-refractivity contribution in [3.8, 4) is 0 Å². The smallest absolute Gasteiger partial charge is 0.220 e. The Morgan fingerprint density at radius 2 is 1.92 bits per heavy atom. The molecule has 1 saturated heterocycles. The predicted molar refractivity (Wildman–Crippen MR) is 91.8 cm³/mol. The number of nitrogens with one attached hydrogen (secondary N) is 1. The zero-order chi connectivity index (χ0) is 17.2. The first kappa shape index (κ1) is 17.1. The van der Waals surface area contributed by atoms with Crippen molar-refractivity contribution in [3.05, 3.63) is 34.9 Å². The van der Waals surface area contributed by atoms with E-state index in [0.29, 0.717) is 18.5 Å². The van der Waals surface area contributed by atoms with Crippen molar-refractivity contribution in [2.45, 2.75) is 38.5 Å². The molecule has 0 spiro atoms. The first-order chi connectivity index (χ1) is 11.4. The molecule has 1 atom stereocenters. The van der Waals surface area contributed by atoms with Gasteiger partial charge in [0.25, 0.3) is 0 Å². The Hall–Kier alpha value is -1.69. The molecule has 1 aliphatic carbocycles. The number of carbonyl (C=O) groups is 2. The van der Waals surface area contributed by atoms with Crippen molar-refractivity contribution in [1.82, 2.24) is 5.32 Å². The molecule has 1 heterocycles. The van der Waals surface area contributed by atoms with Gasteiger partial charge in [-0.1, -0.05) is 12.1 Å². The minimum absolute atomic E-state index is 0.00589. The third-order valence-corrected chi connectivity index (χ3v) is 6.75. The number of aryl methyl sites for hydroxylation is 2. The van der Waals surface area contributed by atoms with E-state index in [2.05, 4.69) is 5.32 Å². The first-order valence-corrected chi connectivity index (χ1v) is 10.4. The summed E-state index contributed by atoms with van der Waals surface area (Å²) in [5, 5.41) is 2.76. The van der Waals surface area contributed by atoms with Gasteiger partial charge >= 0.3 is 0 Å². The minimum Gasteiger partial charge on any atom is -0.356 e. The van der Waals surface area contributed by atoms with Gasteiger partial charge in [0.2, 0.25) is 5.91 Å². The lowest BCUT2D eigenvalue weighted by Gasteiger charge is -2.09. The second-order valence-corrected chi connectivity index (χ2v) is 9.06. The van der Waals surface area contributed by atoms with Crippen molar-refractivity contribution < 1.29 is 18.0 Å². The summed E-state index contributed by atoms with van der Waals surface area (Å²) in [7, 11) is -2.92. The molecule has 1 amide bonds. The Morgan fingerprint density at radius 3 is 2.67 bits per heavy atom. The first-order valence-electron chi connectivity index (χ1n) is 8.55. The Labute approximate surface area is 142 Å². The molecule has 0 bridgehead atoms. The zero-order valence-corrected chi connectivity index (χ0v) is 14.5. The van der Waals surface area contributed by atoms with Gasteiger partial charge in [0.1, 0.15) is 0 Å². The Kier molecular flexibility index (Phi) is 5.04. The van der Waals surface area contributed by atoms with Crippen LogP contribution in [0.4, 0.5) is 0 Å². The number of hydrogen-bond donors (Lipinski definition) is 1. The van der Waals surface area contributed by atoms with E-state index in [1.165, 1.54) is 11.1 Å². The van der Waals surface area contributed by atoms with Crippen LogP contribution in [0.25, 0.3) is 0 Å². The third-order valence-electron chi connectivity index (χ3n) is 4.91. The van der Waals surface area contributed by atoms with E-state index < -0.39 is 9.84 Å². The lowest BCUT2D eigenvalue weighted by molar-refractivity contribution is -0.121. The number of carbonyl (C=O) groups excluding carboxylic acids is 2. The Bertz CT molecular complexity index is 754. The monoisotopic (exact) mass is 349 g/mol. The van der Waals surface area contributed by atoms with Crippen LogP contribution in [-0.2, 0) is 27.5 Å². The van der Waals surface area contributed by atoms with Crippen LogP contribution in [0.1, 0.15) is 47.2 Å². The molecule has 1 N–H and O–H groups in total. The summed E-state index contributed by atoms with van der Waals surface area (Å²) in [5.41, 5.74) is 3.27. The average molecular weight is 349 g/mol. The summed E-state index contributed by atoms with van der Waals surface area (Å²) < 4.78 is 22.8. The molecular formula is C18H23NO4S. The second kappa shape index (κ2) is 7.05. The van der Waals surface area contributed by atoms with Gasteiger partial charge in [-0.05, 0) is 48.8 Å². The number of ketones is 1. The van der Waals surface area contributed by atoms with Crippen LogP contribution < -0.4 is 5.32 Å². The van der Waals surface area contributed by atoms with E-state index in [-0.39, 0.29) is 42.0 Å². The fraction of sp³-hybridized carbons (Fsp3) is 0.556. The molecule has 0 saturated carbocycles. The molecule has 6 heteroatoms. The molecule has 130 valence electrons. The maximum absolute atomic E-state index is 12.2. The van der Waals surface area contributed by atoms with Gasteiger partial charge in [0, 0.05) is 24.9 Å². The average Bonchev–Trinajstić information content (AvgIpc) is 3.15. The van der Waals surface area contributed by atoms with Gasteiger partial charge in [0.05, 0.1) is 11.5 Å². The highest BCUT2D eigenvalue weighted by Crippen LogP contribution is 2.23. The number of benzene rings is 1. The Morgan fingerprint density at radius 1 is 1.12 bits per heavy atom. The summed E-state index contributed by atoms with van der Waals surface area (Å²) >= 11 is 0. The summed E-state index contributed by atoms with van der Waals surface area (Å²) in [5.74, 6) is 0.176. The molecule has 1 aromatic carbocycles. The highest BCUT2D eigenvalue weighted by molar-refractivity contribution is 7.91. The van der Waals surface area contributed by atoms with E-state index >= 15 is 0 Å². The van der Waals surface area contributed by atoms with Gasteiger partial charge in [-0.2, -0.15) is 0 Å². The van der Waals surface area contributed by atoms with E-state index in [0.717, 1.165) is 19.3 Å². The van der Waals surface area contributed by atoms with Gasteiger partial charge in [-0.15, -0.1) is 0 Å². The van der Waals surface area contributed by atoms with Crippen molar-refractivity contribution in [2.24, 2.45) is 5.92 Å². The molecule has 5 nitrogen and oxygen atoms in total. The summed E-state index contributed by atoms with van der Waals surface area (Å²) in [4.78, 5) is 24.1. The van der Waals surface area contributed by atoms with Crippen molar-refractivity contribution in [2.75, 3.05) is 18.1 Å². The molecule has 1 unspecified atom stereocenters. The van der Waals surface area contributed by atoms with E-state index in [1.54, 1.807) is 0 Å². The number of hydrogen-bond acceptors (Lipinski definition) is 4. The number of rotatable bonds is 6. The van der Waals surface area contributed by atoms with E-state index in [4.69, 9.17) is 0 Å². The Balaban J connectivity index is 1.43. The van der Waals surface area contributed by atoms with Crippen LogP contribution >= 0.6 is 0 Å². The molecule has 0 aromatic heterocycles. The molecule has 3 rings (SSSR count). The maximum atomic E-state index is 12.2. The van der Waals surface area contributed by atoms with Crippen LogP contribution in [0, 0.1) is 5.92 Å². The van der Waals surface area contributed by atoms with E-state index in [9.17, 15) is 18.0 Å². The van der Waals surface area contributed by atoms with E-state index in [1.807, 2.05) is 18.2 Å². The maximum Gasteiger partial charge on any atom is 0.220 e. The van der Waals surface area contributed by atoms with Crippen molar-refractivity contribution in [3.63, 3.8) is 0 Å². The van der Waals surface area contributed by atoms with Crippen LogP contribution in [0.2, 0.25) is 0 Å². The predicted octanol–water partition coefficient (Wildman–Crippen LogP) is 1.69. The van der Waals surface area contributed by atoms with Gasteiger partial charge in [-0.25, -0.2) is 8.42 Å². The lowest BCUT2D eigenvalue weighted by atomic mass is 10.0. The van der Waals surface area contributed by atoms with Crippen LogP contribution in [0.15, 0.2) is 18.2 Å². The SMILES string of the molecule is O=C(CCC(=O)c1ccc2c(c1)CCC2)NCC1CCS(=O)(=O)C1. The number of Topliss-reactive ketones (excluding diaryl/α,β-unsaturated/α-hetero) is 1. The summed E-state index contributed by atoms with van der Waals surface area (Å²) in [6, 6.07) is 5.84. The minimum atomic E-state index is -2.92. The number of sulfone groups is 1. The molecule has 1 fully saturated rings. The summed E-state index contributed by atoms with van der Waals surface area (Å²) in [6.07, 6.45) is 4.20. The van der Waals surface area contributed by atoms with Crippen LogP contribution in [0.3, 0.4) is 0 Å². The molecule has 1 aromatic rings. The van der Waals surface area contributed by atoms with Crippen LogP contribution in [-0.4, -0.2) is 38.2 Å². The molecule has 2 aliphatic rings. The standard InChI is InChI=1S/C18H23NO4S/c20-17(16-5-4-14-2-1-3-15(14)10-16)6-7-18(21)19-11-13-8-9-24(22,23)12-13/h4-5,10,13H,1-3,6-9,11-12H2,(H,19,21). The number of amides is 1. The number of fused-ring (bicyclic) bond motifs is 1. The lowest BCUT2D eigenvalue weighted by Crippen LogP contribution is -2.30. The second-order valence-electron chi connectivity index (χ2n) is 6.83. The normalized spacial score (nSPS) is 21.4. The quantitative estimate of drug-likeness (QED) is 0.793. The molecule has 24 heavy (non-hydrogen) atoms. The molecule has 0 radical (unpaired) electrons. The van der Waals surface area contributed by atoms with Gasteiger partial charge < -0.3 is 5.32 Å². The van der Waals surface area contributed by atoms with Crippen molar-refractivity contribution >= 4 is 21.5 Å². The topological polar surface area (TPSA) is 80.3 Å². The third kappa shape index (κ3) is 4.23. The van der Waals surface area contributed by atoms with Crippen molar-refractivity contribution in [1.29, 1.82) is 0 Å². The summed E-state index contributed by atoms with van der Waals surface area (Å²) in [6.45, 7) is 0.380. The largest absolute Gasteiger partial charge is 0.356 e. The molecule has 1 aliphatic heterocycles. The zero-order valence-electron chi connectivity index (χ0n) is 13.7. The van der Waals surface area contributed by atoms with Crippen LogP contribution in [0.5, 0.6) is 0 Å².